The Hall–Kier alpha value is -2.36. The van der Waals surface area contributed by atoms with Crippen molar-refractivity contribution in [3.05, 3.63) is 0 Å². The van der Waals surface area contributed by atoms with E-state index >= 15 is 0 Å². The fourth-order valence-electron chi connectivity index (χ4n) is 1.84. The number of carbonyl (C=O) groups is 3. The Balaban J connectivity index is 4.77. The summed E-state index contributed by atoms with van der Waals surface area (Å²) < 4.78 is 0. The summed E-state index contributed by atoms with van der Waals surface area (Å²) in [6.45, 7) is 3.50. The first-order valence-electron chi connectivity index (χ1n) is 7.79. The third kappa shape index (κ3) is 8.93. The van der Waals surface area contributed by atoms with Gasteiger partial charge in [-0.1, -0.05) is 20.3 Å². The minimum Gasteiger partial charge on any atom is -0.480 e. The number of guanidine groups is 1. The van der Waals surface area contributed by atoms with Crippen LogP contribution in [0, 0.1) is 5.92 Å². The molecule has 3 unspecified atom stereocenters. The number of nitrogens with one attached hydrogen (secondary N) is 2. The van der Waals surface area contributed by atoms with E-state index in [9.17, 15) is 14.4 Å². The Morgan fingerprint density at radius 2 is 1.83 bits per heavy atom. The number of carboxylic acids is 1. The van der Waals surface area contributed by atoms with Crippen LogP contribution in [0.3, 0.4) is 0 Å². The van der Waals surface area contributed by atoms with E-state index in [-0.39, 0.29) is 18.3 Å². The number of rotatable bonds is 11. The van der Waals surface area contributed by atoms with Crippen LogP contribution in [-0.4, -0.2) is 54.0 Å². The van der Waals surface area contributed by atoms with Crippen LogP contribution in [0.5, 0.6) is 0 Å². The maximum atomic E-state index is 12.1. The third-order valence-corrected chi connectivity index (χ3v) is 3.55. The molecular formula is C14H28N6O4. The van der Waals surface area contributed by atoms with Gasteiger partial charge in [0.2, 0.25) is 11.8 Å². The summed E-state index contributed by atoms with van der Waals surface area (Å²) in [7, 11) is 0. The van der Waals surface area contributed by atoms with Crippen molar-refractivity contribution in [2.24, 2.45) is 28.1 Å². The van der Waals surface area contributed by atoms with Gasteiger partial charge in [-0.25, -0.2) is 0 Å². The molecular weight excluding hydrogens is 316 g/mol. The number of amides is 2. The van der Waals surface area contributed by atoms with E-state index in [4.69, 9.17) is 22.3 Å². The highest BCUT2D eigenvalue weighted by atomic mass is 16.4. The van der Waals surface area contributed by atoms with E-state index in [1.807, 2.05) is 13.8 Å². The van der Waals surface area contributed by atoms with Gasteiger partial charge in [-0.05, 0) is 18.8 Å². The molecule has 138 valence electrons. The van der Waals surface area contributed by atoms with Crippen LogP contribution in [0.1, 0.15) is 33.1 Å². The molecule has 0 rings (SSSR count). The predicted octanol–water partition coefficient (Wildman–Crippen LogP) is -1.90. The quantitative estimate of drug-likeness (QED) is 0.143. The van der Waals surface area contributed by atoms with E-state index in [0.29, 0.717) is 13.0 Å². The maximum Gasteiger partial charge on any atom is 0.322 e. The molecule has 10 nitrogen and oxygen atoms in total. The maximum absolute atomic E-state index is 12.1. The number of hydrogen-bond acceptors (Lipinski definition) is 5. The average Bonchev–Trinajstić information content (AvgIpc) is 2.53. The monoisotopic (exact) mass is 344 g/mol. The number of carboxylic acid groups (broad SMARTS) is 1. The van der Waals surface area contributed by atoms with E-state index in [1.165, 1.54) is 0 Å². The van der Waals surface area contributed by atoms with Crippen LogP contribution in [-0.2, 0) is 14.4 Å². The number of nitrogens with zero attached hydrogens (tertiary/aromatic N) is 1. The Kier molecular flexibility index (Phi) is 10.1. The zero-order chi connectivity index (χ0) is 18.7. The molecule has 2 amide bonds. The van der Waals surface area contributed by atoms with Crippen molar-refractivity contribution < 1.29 is 19.5 Å². The van der Waals surface area contributed by atoms with Gasteiger partial charge in [-0.2, -0.15) is 0 Å². The molecule has 10 heteroatoms. The zero-order valence-electron chi connectivity index (χ0n) is 14.1. The van der Waals surface area contributed by atoms with Crippen LogP contribution in [0.15, 0.2) is 4.99 Å². The SMILES string of the molecule is CCC(C)C(N)C(=O)NC(CCCN=C(N)N)C(=O)NCC(=O)O. The van der Waals surface area contributed by atoms with Crippen molar-refractivity contribution in [3.63, 3.8) is 0 Å². The molecule has 0 saturated heterocycles. The van der Waals surface area contributed by atoms with Gasteiger partial charge in [0, 0.05) is 6.54 Å². The fraction of sp³-hybridized carbons (Fsp3) is 0.714. The molecule has 0 fully saturated rings. The molecule has 0 heterocycles. The summed E-state index contributed by atoms with van der Waals surface area (Å²) in [6.07, 6.45) is 1.40. The minimum absolute atomic E-state index is 0.0469. The Morgan fingerprint density at radius 1 is 1.21 bits per heavy atom. The number of hydrogen-bond donors (Lipinski definition) is 6. The van der Waals surface area contributed by atoms with Gasteiger partial charge < -0.3 is 32.9 Å². The lowest BCUT2D eigenvalue weighted by Crippen LogP contribution is -2.53. The molecule has 0 aliphatic carbocycles. The molecule has 0 aromatic carbocycles. The Morgan fingerprint density at radius 3 is 2.33 bits per heavy atom. The number of aliphatic carboxylic acids is 1. The fourth-order valence-corrected chi connectivity index (χ4v) is 1.84. The van der Waals surface area contributed by atoms with Crippen LogP contribution < -0.4 is 27.8 Å². The second kappa shape index (κ2) is 11.2. The Bertz CT molecular complexity index is 464. The summed E-state index contributed by atoms with van der Waals surface area (Å²) >= 11 is 0. The third-order valence-electron chi connectivity index (χ3n) is 3.55. The molecule has 0 bridgehead atoms. The van der Waals surface area contributed by atoms with Gasteiger partial charge in [0.1, 0.15) is 12.6 Å². The van der Waals surface area contributed by atoms with Gasteiger partial charge in [-0.15, -0.1) is 0 Å². The predicted molar refractivity (Wildman–Crippen MR) is 89.9 cm³/mol. The Labute approximate surface area is 141 Å². The van der Waals surface area contributed by atoms with Gasteiger partial charge >= 0.3 is 5.97 Å². The van der Waals surface area contributed by atoms with Gasteiger partial charge in [0.05, 0.1) is 6.04 Å². The molecule has 24 heavy (non-hydrogen) atoms. The normalized spacial score (nSPS) is 14.1. The molecule has 0 aliphatic heterocycles. The number of carbonyl (C=O) groups excluding carboxylic acids is 2. The first-order valence-corrected chi connectivity index (χ1v) is 7.79. The van der Waals surface area contributed by atoms with Crippen molar-refractivity contribution in [3.8, 4) is 0 Å². The highest BCUT2D eigenvalue weighted by Gasteiger charge is 2.25. The van der Waals surface area contributed by atoms with Crippen LogP contribution in [0.25, 0.3) is 0 Å². The molecule has 3 atom stereocenters. The zero-order valence-corrected chi connectivity index (χ0v) is 14.1. The lowest BCUT2D eigenvalue weighted by Gasteiger charge is -2.22. The topological polar surface area (TPSA) is 186 Å². The summed E-state index contributed by atoms with van der Waals surface area (Å²) in [5, 5.41) is 13.4. The van der Waals surface area contributed by atoms with E-state index in [1.54, 1.807) is 0 Å². The van der Waals surface area contributed by atoms with Crippen LogP contribution >= 0.6 is 0 Å². The van der Waals surface area contributed by atoms with Crippen LogP contribution in [0.2, 0.25) is 0 Å². The molecule has 0 spiro atoms. The number of nitrogens with two attached hydrogens (primary N) is 3. The highest BCUT2D eigenvalue weighted by Crippen LogP contribution is 2.07. The van der Waals surface area contributed by atoms with Crippen molar-refractivity contribution in [1.82, 2.24) is 10.6 Å². The standard InChI is InChI=1S/C14H28N6O4/c1-3-8(2)11(15)13(24)20-9(5-4-6-18-14(16)17)12(23)19-7-10(21)22/h8-9,11H,3-7,15H2,1-2H3,(H,19,23)(H,20,24)(H,21,22)(H4,16,17,18). The lowest BCUT2D eigenvalue weighted by atomic mass is 9.98. The average molecular weight is 344 g/mol. The molecule has 0 aromatic rings. The molecule has 9 N–H and O–H groups in total. The number of aliphatic imine (C=N–C) groups is 1. The summed E-state index contributed by atoms with van der Waals surface area (Å²) in [4.78, 5) is 38.5. The highest BCUT2D eigenvalue weighted by molar-refractivity contribution is 5.91. The lowest BCUT2D eigenvalue weighted by molar-refractivity contribution is -0.138. The largest absolute Gasteiger partial charge is 0.480 e. The first-order chi connectivity index (χ1) is 11.2. The molecule has 0 aromatic heterocycles. The summed E-state index contributed by atoms with van der Waals surface area (Å²) in [6, 6.07) is -1.65. The van der Waals surface area contributed by atoms with Crippen molar-refractivity contribution in [2.45, 2.75) is 45.2 Å². The second-order valence-electron chi connectivity index (χ2n) is 5.53. The van der Waals surface area contributed by atoms with Crippen molar-refractivity contribution in [1.29, 1.82) is 0 Å². The molecule has 0 radical (unpaired) electrons. The van der Waals surface area contributed by atoms with Crippen molar-refractivity contribution in [2.75, 3.05) is 13.1 Å². The van der Waals surface area contributed by atoms with E-state index in [2.05, 4.69) is 15.6 Å². The van der Waals surface area contributed by atoms with E-state index in [0.717, 1.165) is 6.42 Å². The van der Waals surface area contributed by atoms with E-state index < -0.39 is 36.4 Å². The summed E-state index contributed by atoms with van der Waals surface area (Å²) in [5.41, 5.74) is 16.3. The van der Waals surface area contributed by atoms with Crippen molar-refractivity contribution >= 4 is 23.7 Å². The van der Waals surface area contributed by atoms with Gasteiger partial charge in [0.15, 0.2) is 5.96 Å². The second-order valence-corrected chi connectivity index (χ2v) is 5.53. The molecule has 0 aliphatic rings. The summed E-state index contributed by atoms with van der Waals surface area (Å²) in [5.74, 6) is -2.34. The first kappa shape index (κ1) is 21.6. The minimum atomic E-state index is -1.18. The van der Waals surface area contributed by atoms with Gasteiger partial charge in [-0.3, -0.25) is 19.4 Å². The van der Waals surface area contributed by atoms with Gasteiger partial charge in [0.25, 0.3) is 0 Å². The van der Waals surface area contributed by atoms with Crippen LogP contribution in [0.4, 0.5) is 0 Å². The smallest absolute Gasteiger partial charge is 0.322 e. The molecule has 0 saturated carbocycles.